The molecule has 96 valence electrons. The largest absolute Gasteiger partial charge is 0.374 e. The summed E-state index contributed by atoms with van der Waals surface area (Å²) in [6, 6.07) is 0. The Labute approximate surface area is 101 Å². The van der Waals surface area contributed by atoms with Crippen molar-refractivity contribution in [1.29, 1.82) is 0 Å². The first kappa shape index (κ1) is 13.9. The van der Waals surface area contributed by atoms with Gasteiger partial charge in [-0.1, -0.05) is 26.7 Å². The molecule has 0 bridgehead atoms. The average Bonchev–Trinajstić information content (AvgIpc) is 2.23. The van der Waals surface area contributed by atoms with E-state index in [0.29, 0.717) is 6.10 Å². The minimum Gasteiger partial charge on any atom is -0.374 e. The Morgan fingerprint density at radius 2 is 2.19 bits per heavy atom. The van der Waals surface area contributed by atoms with Crippen molar-refractivity contribution in [3.63, 3.8) is 0 Å². The van der Waals surface area contributed by atoms with Gasteiger partial charge < -0.3 is 15.0 Å². The highest BCUT2D eigenvalue weighted by Crippen LogP contribution is 2.05. The van der Waals surface area contributed by atoms with Gasteiger partial charge in [0, 0.05) is 19.6 Å². The number of morpholine rings is 1. The highest BCUT2D eigenvalue weighted by molar-refractivity contribution is 4.70. The first-order valence-corrected chi connectivity index (χ1v) is 6.69. The third kappa shape index (κ3) is 6.46. The van der Waals surface area contributed by atoms with E-state index in [9.17, 15) is 0 Å². The van der Waals surface area contributed by atoms with E-state index in [2.05, 4.69) is 31.1 Å². The summed E-state index contributed by atoms with van der Waals surface area (Å²) in [4.78, 5) is 2.34. The molecule has 1 aliphatic heterocycles. The van der Waals surface area contributed by atoms with E-state index in [4.69, 9.17) is 4.74 Å². The minimum absolute atomic E-state index is 0.392. The lowest BCUT2D eigenvalue weighted by atomic mass is 10.1. The molecule has 0 saturated carbocycles. The Balaban J connectivity index is 1.90. The first-order chi connectivity index (χ1) is 7.68. The van der Waals surface area contributed by atoms with E-state index in [1.54, 1.807) is 0 Å². The van der Waals surface area contributed by atoms with Crippen LogP contribution in [-0.2, 0) is 4.74 Å². The Morgan fingerprint density at radius 3 is 2.88 bits per heavy atom. The third-order valence-electron chi connectivity index (χ3n) is 3.10. The number of hydrogen-bond donors (Lipinski definition) is 1. The fourth-order valence-electron chi connectivity index (χ4n) is 2.06. The molecule has 1 atom stereocenters. The monoisotopic (exact) mass is 228 g/mol. The second-order valence-corrected chi connectivity index (χ2v) is 5.35. The van der Waals surface area contributed by atoms with Crippen LogP contribution < -0.4 is 5.32 Å². The van der Waals surface area contributed by atoms with E-state index in [-0.39, 0.29) is 0 Å². The van der Waals surface area contributed by atoms with Crippen molar-refractivity contribution in [3.8, 4) is 0 Å². The minimum atomic E-state index is 0.392. The van der Waals surface area contributed by atoms with Crippen molar-refractivity contribution in [2.24, 2.45) is 5.92 Å². The molecule has 3 nitrogen and oxygen atoms in total. The van der Waals surface area contributed by atoms with Gasteiger partial charge in [0.1, 0.15) is 0 Å². The molecule has 1 fully saturated rings. The number of likely N-dealkylation sites (N-methyl/N-ethyl adjacent to an activating group) is 1. The molecule has 1 N–H and O–H groups in total. The van der Waals surface area contributed by atoms with Crippen LogP contribution in [0.4, 0.5) is 0 Å². The Bertz CT molecular complexity index is 173. The number of rotatable bonds is 7. The van der Waals surface area contributed by atoms with E-state index in [1.165, 1.54) is 19.3 Å². The van der Waals surface area contributed by atoms with Crippen molar-refractivity contribution in [3.05, 3.63) is 0 Å². The van der Waals surface area contributed by atoms with Crippen molar-refractivity contribution in [2.75, 3.05) is 39.8 Å². The first-order valence-electron chi connectivity index (χ1n) is 6.69. The van der Waals surface area contributed by atoms with Gasteiger partial charge in [0.15, 0.2) is 0 Å². The lowest BCUT2D eigenvalue weighted by Gasteiger charge is -2.30. The number of unbranched alkanes of at least 4 members (excludes halogenated alkanes) is 1. The maximum absolute atomic E-state index is 5.69. The summed E-state index contributed by atoms with van der Waals surface area (Å²) < 4.78 is 5.69. The van der Waals surface area contributed by atoms with E-state index in [1.807, 2.05) is 0 Å². The van der Waals surface area contributed by atoms with Crippen LogP contribution in [0.3, 0.4) is 0 Å². The molecule has 1 saturated heterocycles. The quantitative estimate of drug-likeness (QED) is 0.672. The Kier molecular flexibility index (Phi) is 7.01. The van der Waals surface area contributed by atoms with Crippen LogP contribution in [-0.4, -0.2) is 50.8 Å². The van der Waals surface area contributed by atoms with Crippen molar-refractivity contribution < 1.29 is 4.74 Å². The van der Waals surface area contributed by atoms with Gasteiger partial charge in [0.2, 0.25) is 0 Å². The van der Waals surface area contributed by atoms with Gasteiger partial charge in [-0.05, 0) is 25.9 Å². The Hall–Kier alpha value is -0.120. The maximum Gasteiger partial charge on any atom is 0.0826 e. The number of nitrogens with one attached hydrogen (secondary N) is 1. The van der Waals surface area contributed by atoms with Gasteiger partial charge in [0.25, 0.3) is 0 Å². The second kappa shape index (κ2) is 8.04. The molecule has 0 radical (unpaired) electrons. The smallest absolute Gasteiger partial charge is 0.0826 e. The molecule has 0 aliphatic carbocycles. The van der Waals surface area contributed by atoms with E-state index in [0.717, 1.165) is 38.7 Å². The van der Waals surface area contributed by atoms with Crippen molar-refractivity contribution in [2.45, 2.75) is 39.2 Å². The zero-order valence-electron chi connectivity index (χ0n) is 11.2. The predicted molar refractivity (Wildman–Crippen MR) is 68.8 cm³/mol. The molecular formula is C13H28N2O. The van der Waals surface area contributed by atoms with Crippen molar-refractivity contribution in [1.82, 2.24) is 10.2 Å². The molecule has 0 spiro atoms. The summed E-state index contributed by atoms with van der Waals surface area (Å²) in [6.07, 6.45) is 4.38. The summed E-state index contributed by atoms with van der Waals surface area (Å²) in [5.74, 6) is 0.843. The van der Waals surface area contributed by atoms with Gasteiger partial charge >= 0.3 is 0 Å². The van der Waals surface area contributed by atoms with Crippen LogP contribution in [0, 0.1) is 5.92 Å². The summed E-state index contributed by atoms with van der Waals surface area (Å²) in [5.41, 5.74) is 0. The number of nitrogens with zero attached hydrogens (tertiary/aromatic N) is 1. The Morgan fingerprint density at radius 1 is 1.38 bits per heavy atom. The molecule has 1 rings (SSSR count). The van der Waals surface area contributed by atoms with Crippen LogP contribution in [0.25, 0.3) is 0 Å². The van der Waals surface area contributed by atoms with E-state index < -0.39 is 0 Å². The molecule has 0 amide bonds. The topological polar surface area (TPSA) is 24.5 Å². The zero-order valence-corrected chi connectivity index (χ0v) is 11.2. The molecule has 0 aromatic rings. The van der Waals surface area contributed by atoms with Crippen LogP contribution in [0.2, 0.25) is 0 Å². The fourth-order valence-corrected chi connectivity index (χ4v) is 2.06. The molecule has 3 heteroatoms. The maximum atomic E-state index is 5.69. The summed E-state index contributed by atoms with van der Waals surface area (Å²) in [5, 5.41) is 3.50. The van der Waals surface area contributed by atoms with Crippen LogP contribution in [0.5, 0.6) is 0 Å². The molecule has 16 heavy (non-hydrogen) atoms. The van der Waals surface area contributed by atoms with Gasteiger partial charge in [-0.15, -0.1) is 0 Å². The van der Waals surface area contributed by atoms with Gasteiger partial charge in [-0.25, -0.2) is 0 Å². The van der Waals surface area contributed by atoms with Crippen LogP contribution >= 0.6 is 0 Å². The standard InChI is InChI=1S/C13H28N2O/c1-12(2)6-4-5-7-14-10-13-11-15(3)8-9-16-13/h12-14H,4-11H2,1-3H3. The summed E-state index contributed by atoms with van der Waals surface area (Å²) >= 11 is 0. The summed E-state index contributed by atoms with van der Waals surface area (Å²) in [6.45, 7) is 9.75. The number of ether oxygens (including phenoxy) is 1. The second-order valence-electron chi connectivity index (χ2n) is 5.35. The zero-order chi connectivity index (χ0) is 11.8. The fraction of sp³-hybridized carbons (Fsp3) is 1.00. The molecule has 1 unspecified atom stereocenters. The molecule has 0 aromatic carbocycles. The molecule has 1 heterocycles. The lowest BCUT2D eigenvalue weighted by Crippen LogP contribution is -2.44. The highest BCUT2D eigenvalue weighted by atomic mass is 16.5. The third-order valence-corrected chi connectivity index (χ3v) is 3.10. The SMILES string of the molecule is CC(C)CCCCNCC1CN(C)CCO1. The summed E-state index contributed by atoms with van der Waals surface area (Å²) in [7, 11) is 2.16. The molecular weight excluding hydrogens is 200 g/mol. The average molecular weight is 228 g/mol. The van der Waals surface area contributed by atoms with Crippen LogP contribution in [0.1, 0.15) is 33.1 Å². The lowest BCUT2D eigenvalue weighted by molar-refractivity contribution is -0.0180. The normalized spacial score (nSPS) is 22.9. The van der Waals surface area contributed by atoms with Gasteiger partial charge in [-0.2, -0.15) is 0 Å². The molecule has 1 aliphatic rings. The van der Waals surface area contributed by atoms with E-state index >= 15 is 0 Å². The van der Waals surface area contributed by atoms with Crippen molar-refractivity contribution >= 4 is 0 Å². The van der Waals surface area contributed by atoms with Gasteiger partial charge in [0.05, 0.1) is 12.7 Å². The predicted octanol–water partition coefficient (Wildman–Crippen LogP) is 1.73. The number of hydrogen-bond acceptors (Lipinski definition) is 3. The van der Waals surface area contributed by atoms with Crippen LogP contribution in [0.15, 0.2) is 0 Å². The van der Waals surface area contributed by atoms with Gasteiger partial charge in [-0.3, -0.25) is 0 Å². The highest BCUT2D eigenvalue weighted by Gasteiger charge is 2.16. The molecule has 0 aromatic heterocycles.